The van der Waals surface area contributed by atoms with Crippen LogP contribution < -0.4 is 5.73 Å². The summed E-state index contributed by atoms with van der Waals surface area (Å²) in [6.07, 6.45) is 82.4. The van der Waals surface area contributed by atoms with Crippen molar-refractivity contribution in [3.8, 4) is 0 Å². The number of esters is 2. The van der Waals surface area contributed by atoms with Gasteiger partial charge in [-0.1, -0.05) is 279 Å². The Morgan fingerprint density at radius 3 is 1.06 bits per heavy atom. The molecule has 0 aliphatic rings. The summed E-state index contributed by atoms with van der Waals surface area (Å²) in [6.45, 7) is 3.62. The van der Waals surface area contributed by atoms with Crippen LogP contribution in [0.3, 0.4) is 0 Å². The molecular formula is C67H120NO8P. The van der Waals surface area contributed by atoms with Crippen LogP contribution in [0.1, 0.15) is 296 Å². The Labute approximate surface area is 474 Å². The molecule has 0 saturated heterocycles. The number of hydrogen-bond donors (Lipinski definition) is 2. The van der Waals surface area contributed by atoms with E-state index in [-0.39, 0.29) is 32.6 Å². The fourth-order valence-corrected chi connectivity index (χ4v) is 9.81. The lowest BCUT2D eigenvalue weighted by molar-refractivity contribution is -0.161. The SMILES string of the molecule is CC/C=C\C/C=C\C/C=C\C/C=C\CCCCCCCCCCCCCCCCCCCCCCCCCCC(=O)OC(COC(=O)CCCCCCCC/C=C\C/C=C\C/C=C\CCCCC)COP(=O)(O)OCCN. The molecular weight excluding hydrogens is 978 g/mol. The van der Waals surface area contributed by atoms with Gasteiger partial charge >= 0.3 is 19.8 Å². The molecule has 0 aliphatic heterocycles. The Bertz CT molecular complexity index is 1530. The first kappa shape index (κ1) is 74.2. The van der Waals surface area contributed by atoms with Crippen molar-refractivity contribution in [3.63, 3.8) is 0 Å². The zero-order valence-electron chi connectivity index (χ0n) is 49.9. The zero-order valence-corrected chi connectivity index (χ0v) is 50.8. The van der Waals surface area contributed by atoms with E-state index in [0.717, 1.165) is 89.9 Å². The van der Waals surface area contributed by atoms with Gasteiger partial charge in [-0.2, -0.15) is 0 Å². The molecule has 0 aromatic heterocycles. The molecule has 10 heteroatoms. The highest BCUT2D eigenvalue weighted by Gasteiger charge is 2.26. The Kier molecular flexibility index (Phi) is 60.1. The number of hydrogen-bond acceptors (Lipinski definition) is 8. The maximum Gasteiger partial charge on any atom is 0.472 e. The van der Waals surface area contributed by atoms with Crippen molar-refractivity contribution in [2.45, 2.75) is 302 Å². The average molecular weight is 1100 g/mol. The Morgan fingerprint density at radius 1 is 0.403 bits per heavy atom. The quantitative estimate of drug-likeness (QED) is 0.0264. The number of ether oxygens (including phenoxy) is 2. The van der Waals surface area contributed by atoms with Gasteiger partial charge in [0, 0.05) is 19.4 Å². The van der Waals surface area contributed by atoms with Crippen molar-refractivity contribution < 1.29 is 37.6 Å². The highest BCUT2D eigenvalue weighted by Crippen LogP contribution is 2.43. The van der Waals surface area contributed by atoms with Crippen LogP contribution in [-0.4, -0.2) is 49.3 Å². The van der Waals surface area contributed by atoms with Gasteiger partial charge in [0.1, 0.15) is 6.61 Å². The normalized spacial score (nSPS) is 13.6. The van der Waals surface area contributed by atoms with Crippen LogP contribution in [-0.2, 0) is 32.7 Å². The molecule has 3 N–H and O–H groups in total. The molecule has 0 saturated carbocycles. The third-order valence-electron chi connectivity index (χ3n) is 13.8. The average Bonchev–Trinajstić information content (AvgIpc) is 3.42. The van der Waals surface area contributed by atoms with E-state index in [4.69, 9.17) is 24.3 Å². The number of carbonyl (C=O) groups excluding carboxylic acids is 2. The predicted molar refractivity (Wildman–Crippen MR) is 330 cm³/mol. The second-order valence-corrected chi connectivity index (χ2v) is 22.7. The van der Waals surface area contributed by atoms with E-state index in [2.05, 4.69) is 98.9 Å². The van der Waals surface area contributed by atoms with Crippen LogP contribution in [0, 0.1) is 0 Å². The largest absolute Gasteiger partial charge is 0.472 e. The van der Waals surface area contributed by atoms with Gasteiger partial charge < -0.3 is 20.1 Å². The third kappa shape index (κ3) is 62.3. The fraction of sp³-hybridized carbons (Fsp3) is 0.761. The van der Waals surface area contributed by atoms with E-state index in [1.165, 1.54) is 173 Å². The van der Waals surface area contributed by atoms with Crippen LogP contribution >= 0.6 is 7.82 Å². The van der Waals surface area contributed by atoms with Crippen molar-refractivity contribution >= 4 is 19.8 Å². The second-order valence-electron chi connectivity index (χ2n) is 21.2. The minimum Gasteiger partial charge on any atom is -0.462 e. The predicted octanol–water partition coefficient (Wildman–Crippen LogP) is 20.6. The molecule has 0 bridgehead atoms. The molecule has 9 nitrogen and oxygen atoms in total. The molecule has 0 radical (unpaired) electrons. The van der Waals surface area contributed by atoms with E-state index >= 15 is 0 Å². The van der Waals surface area contributed by atoms with Crippen molar-refractivity contribution in [2.75, 3.05) is 26.4 Å². The number of phosphoric ester groups is 1. The van der Waals surface area contributed by atoms with Gasteiger partial charge in [0.2, 0.25) is 0 Å². The van der Waals surface area contributed by atoms with Crippen LogP contribution in [0.15, 0.2) is 85.1 Å². The maximum atomic E-state index is 12.7. The number of allylic oxidation sites excluding steroid dienone is 14. The monoisotopic (exact) mass is 1100 g/mol. The summed E-state index contributed by atoms with van der Waals surface area (Å²) in [5, 5.41) is 0. The summed E-state index contributed by atoms with van der Waals surface area (Å²) in [7, 11) is -4.39. The van der Waals surface area contributed by atoms with Gasteiger partial charge in [-0.25, -0.2) is 4.57 Å². The lowest BCUT2D eigenvalue weighted by atomic mass is 10.0. The van der Waals surface area contributed by atoms with Gasteiger partial charge in [-0.05, 0) is 89.9 Å². The van der Waals surface area contributed by atoms with Gasteiger partial charge in [-0.15, -0.1) is 0 Å². The Hall–Kier alpha value is -2.81. The lowest BCUT2D eigenvalue weighted by Crippen LogP contribution is -2.29. The highest BCUT2D eigenvalue weighted by atomic mass is 31.2. The van der Waals surface area contributed by atoms with Gasteiger partial charge in [0.25, 0.3) is 0 Å². The maximum absolute atomic E-state index is 12.7. The summed E-state index contributed by atoms with van der Waals surface area (Å²) in [5.41, 5.74) is 5.39. The molecule has 0 rings (SSSR count). The van der Waals surface area contributed by atoms with Crippen molar-refractivity contribution in [1.29, 1.82) is 0 Å². The van der Waals surface area contributed by atoms with Gasteiger partial charge in [0.15, 0.2) is 6.10 Å². The Balaban J connectivity index is 3.84. The first-order chi connectivity index (χ1) is 37.8. The lowest BCUT2D eigenvalue weighted by Gasteiger charge is -2.19. The summed E-state index contributed by atoms with van der Waals surface area (Å²) >= 11 is 0. The molecule has 0 aromatic rings. The number of carbonyl (C=O) groups is 2. The minimum atomic E-state index is -4.39. The van der Waals surface area contributed by atoms with E-state index in [1.54, 1.807) is 0 Å². The number of rotatable bonds is 60. The molecule has 2 atom stereocenters. The van der Waals surface area contributed by atoms with Crippen molar-refractivity contribution in [1.82, 2.24) is 0 Å². The molecule has 2 unspecified atom stereocenters. The molecule has 0 aliphatic carbocycles. The van der Waals surface area contributed by atoms with Gasteiger partial charge in [0.05, 0.1) is 13.2 Å². The number of nitrogens with two attached hydrogens (primary N) is 1. The van der Waals surface area contributed by atoms with Crippen molar-refractivity contribution in [2.24, 2.45) is 5.73 Å². The minimum absolute atomic E-state index is 0.0501. The fourth-order valence-electron chi connectivity index (χ4n) is 9.05. The summed E-state index contributed by atoms with van der Waals surface area (Å²) in [5.74, 6) is -0.833. The number of phosphoric acid groups is 1. The van der Waals surface area contributed by atoms with E-state index in [0.29, 0.717) is 6.42 Å². The van der Waals surface area contributed by atoms with Crippen LogP contribution in [0.5, 0.6) is 0 Å². The molecule has 0 aromatic carbocycles. The summed E-state index contributed by atoms with van der Waals surface area (Å²) in [6, 6.07) is 0. The first-order valence-electron chi connectivity index (χ1n) is 32.1. The van der Waals surface area contributed by atoms with Gasteiger partial charge in [-0.3, -0.25) is 18.6 Å². The smallest absolute Gasteiger partial charge is 0.462 e. The topological polar surface area (TPSA) is 134 Å². The molecule has 77 heavy (non-hydrogen) atoms. The molecule has 0 amide bonds. The molecule has 446 valence electrons. The van der Waals surface area contributed by atoms with Crippen LogP contribution in [0.2, 0.25) is 0 Å². The third-order valence-corrected chi connectivity index (χ3v) is 14.7. The molecule has 0 spiro atoms. The first-order valence-corrected chi connectivity index (χ1v) is 33.6. The van der Waals surface area contributed by atoms with E-state index in [9.17, 15) is 19.0 Å². The van der Waals surface area contributed by atoms with E-state index in [1.807, 2.05) is 0 Å². The zero-order chi connectivity index (χ0) is 55.9. The highest BCUT2D eigenvalue weighted by molar-refractivity contribution is 7.47. The standard InChI is InChI=1S/C67H120NO8P/c1-3-5-7-9-11-13-15-17-19-21-23-24-25-26-27-28-29-30-31-32-33-34-35-36-37-38-39-40-42-44-46-48-50-52-54-56-58-60-67(70)76-65(64-75-77(71,72)74-62-61-68)63-73-66(69)59-57-55-53-51-49-47-45-43-41-22-20-18-16-14-12-10-8-6-4-2/h5,7,11-14,17-20,23-24,41,43,65H,3-4,6,8-10,15-16,21-22,25-40,42,44-64,68H2,1-2H3,(H,71,72)/b7-5-,13-11-,14-12-,19-17-,20-18-,24-23-,43-41-. The van der Waals surface area contributed by atoms with Crippen molar-refractivity contribution in [3.05, 3.63) is 85.1 Å². The van der Waals surface area contributed by atoms with Crippen LogP contribution in [0.4, 0.5) is 0 Å². The number of unbranched alkanes of at least 4 members (excludes halogenated alkanes) is 33. The molecule has 0 fully saturated rings. The van der Waals surface area contributed by atoms with E-state index < -0.39 is 32.5 Å². The molecule has 0 heterocycles. The van der Waals surface area contributed by atoms with Crippen LogP contribution in [0.25, 0.3) is 0 Å². The summed E-state index contributed by atoms with van der Waals surface area (Å²) < 4.78 is 33.1. The Morgan fingerprint density at radius 2 is 0.714 bits per heavy atom. The summed E-state index contributed by atoms with van der Waals surface area (Å²) in [4.78, 5) is 35.2. The second kappa shape index (κ2) is 62.4.